The molecule has 0 aliphatic carbocycles. The molecule has 0 bridgehead atoms. The lowest BCUT2D eigenvalue weighted by molar-refractivity contribution is 0.0747. The number of nitrogens with zero attached hydrogens (tertiary/aromatic N) is 3. The Bertz CT molecular complexity index is 988. The number of ether oxygens (including phenoxy) is 2. The van der Waals surface area contributed by atoms with E-state index in [4.69, 9.17) is 37.7 Å². The van der Waals surface area contributed by atoms with Crippen LogP contribution in [0.15, 0.2) is 18.2 Å². The molecule has 6 nitrogen and oxygen atoms in total. The van der Waals surface area contributed by atoms with Crippen molar-refractivity contribution in [1.29, 1.82) is 0 Å². The van der Waals surface area contributed by atoms with Gasteiger partial charge >= 0.3 is 0 Å². The van der Waals surface area contributed by atoms with Crippen molar-refractivity contribution in [2.45, 2.75) is 0 Å². The SMILES string of the molecule is COc1ccc(OC)c2sc(N3CCN(C(=O)c4cc(Cl)sc4Cl)CC3)nc12. The minimum Gasteiger partial charge on any atom is -0.495 e. The van der Waals surface area contributed by atoms with Crippen LogP contribution in [0.5, 0.6) is 11.5 Å². The number of methoxy groups -OCH3 is 2. The van der Waals surface area contributed by atoms with Crippen molar-refractivity contribution in [3.8, 4) is 11.5 Å². The number of fused-ring (bicyclic) bond motifs is 1. The molecule has 3 aromatic rings. The zero-order valence-electron chi connectivity index (χ0n) is 15.2. The summed E-state index contributed by atoms with van der Waals surface area (Å²) in [6, 6.07) is 5.38. The monoisotopic (exact) mass is 457 g/mol. The van der Waals surface area contributed by atoms with E-state index in [2.05, 4.69) is 4.90 Å². The van der Waals surface area contributed by atoms with Crippen LogP contribution in [0.3, 0.4) is 0 Å². The highest BCUT2D eigenvalue weighted by Gasteiger charge is 2.27. The van der Waals surface area contributed by atoms with E-state index in [1.54, 1.807) is 36.5 Å². The molecule has 1 aliphatic heterocycles. The predicted molar refractivity (Wildman–Crippen MR) is 115 cm³/mol. The van der Waals surface area contributed by atoms with E-state index in [-0.39, 0.29) is 5.91 Å². The van der Waals surface area contributed by atoms with Gasteiger partial charge in [0.15, 0.2) is 5.13 Å². The zero-order chi connectivity index (χ0) is 19.8. The smallest absolute Gasteiger partial charge is 0.256 e. The summed E-state index contributed by atoms with van der Waals surface area (Å²) in [5, 5.41) is 0.890. The Labute approximate surface area is 180 Å². The molecule has 3 heterocycles. The molecular weight excluding hydrogens is 441 g/mol. The van der Waals surface area contributed by atoms with Gasteiger partial charge in [-0.1, -0.05) is 34.5 Å². The normalized spacial score (nSPS) is 14.6. The molecule has 1 fully saturated rings. The Morgan fingerprint density at radius 2 is 1.75 bits per heavy atom. The summed E-state index contributed by atoms with van der Waals surface area (Å²) in [6.45, 7) is 2.55. The first kappa shape index (κ1) is 19.6. The second-order valence-corrected chi connectivity index (χ2v) is 9.42. The fourth-order valence-electron chi connectivity index (χ4n) is 3.17. The number of piperazine rings is 1. The number of anilines is 1. The van der Waals surface area contributed by atoms with E-state index in [1.165, 1.54) is 11.3 Å². The van der Waals surface area contributed by atoms with Gasteiger partial charge in [-0.25, -0.2) is 4.98 Å². The fraction of sp³-hybridized carbons (Fsp3) is 0.333. The lowest BCUT2D eigenvalue weighted by Gasteiger charge is -2.34. The molecule has 0 N–H and O–H groups in total. The van der Waals surface area contributed by atoms with Gasteiger partial charge in [0.25, 0.3) is 5.91 Å². The van der Waals surface area contributed by atoms with Crippen LogP contribution in [0.1, 0.15) is 10.4 Å². The topological polar surface area (TPSA) is 54.9 Å². The van der Waals surface area contributed by atoms with Crippen LogP contribution >= 0.6 is 45.9 Å². The highest BCUT2D eigenvalue weighted by Crippen LogP contribution is 2.40. The molecule has 0 unspecified atom stereocenters. The maximum Gasteiger partial charge on any atom is 0.256 e. The summed E-state index contributed by atoms with van der Waals surface area (Å²) in [6.07, 6.45) is 0. The van der Waals surface area contributed by atoms with Crippen molar-refractivity contribution in [3.63, 3.8) is 0 Å². The van der Waals surface area contributed by atoms with Crippen molar-refractivity contribution in [1.82, 2.24) is 9.88 Å². The van der Waals surface area contributed by atoms with Crippen molar-refractivity contribution >= 4 is 67.1 Å². The van der Waals surface area contributed by atoms with Crippen LogP contribution < -0.4 is 14.4 Å². The van der Waals surface area contributed by atoms with Gasteiger partial charge in [0.1, 0.15) is 26.1 Å². The highest BCUT2D eigenvalue weighted by molar-refractivity contribution is 7.22. The van der Waals surface area contributed by atoms with Crippen LogP contribution in [-0.4, -0.2) is 56.2 Å². The average molecular weight is 458 g/mol. The molecule has 2 aromatic heterocycles. The first-order valence-corrected chi connectivity index (χ1v) is 10.9. The second kappa shape index (κ2) is 7.94. The molecule has 28 heavy (non-hydrogen) atoms. The van der Waals surface area contributed by atoms with Gasteiger partial charge in [0.05, 0.1) is 24.1 Å². The largest absolute Gasteiger partial charge is 0.495 e. The third-order valence-corrected chi connectivity index (χ3v) is 7.24. The number of thiophene rings is 1. The minimum atomic E-state index is -0.0829. The Morgan fingerprint density at radius 1 is 1.07 bits per heavy atom. The molecule has 0 radical (unpaired) electrons. The summed E-state index contributed by atoms with van der Waals surface area (Å²) in [5.74, 6) is 1.41. The van der Waals surface area contributed by atoms with E-state index in [9.17, 15) is 4.79 Å². The Kier molecular flexibility index (Phi) is 5.55. The molecule has 0 saturated carbocycles. The number of aromatic nitrogens is 1. The summed E-state index contributed by atoms with van der Waals surface area (Å²) in [5.41, 5.74) is 1.26. The summed E-state index contributed by atoms with van der Waals surface area (Å²) >= 11 is 14.9. The Morgan fingerprint density at radius 3 is 2.36 bits per heavy atom. The van der Waals surface area contributed by atoms with Crippen LogP contribution in [0.25, 0.3) is 10.2 Å². The first-order valence-electron chi connectivity index (χ1n) is 8.52. The Hall–Kier alpha value is -1.74. The van der Waals surface area contributed by atoms with Crippen LogP contribution in [0, 0.1) is 0 Å². The molecule has 4 rings (SSSR count). The number of thiazole rings is 1. The molecule has 1 aromatic carbocycles. The van der Waals surface area contributed by atoms with E-state index >= 15 is 0 Å². The molecule has 148 valence electrons. The van der Waals surface area contributed by atoms with Gasteiger partial charge in [-0.2, -0.15) is 0 Å². The zero-order valence-corrected chi connectivity index (χ0v) is 18.3. The Balaban J connectivity index is 1.52. The highest BCUT2D eigenvalue weighted by atomic mass is 35.5. The van der Waals surface area contributed by atoms with E-state index < -0.39 is 0 Å². The molecular formula is C18H17Cl2N3O3S2. The van der Waals surface area contributed by atoms with Gasteiger partial charge in [-0.05, 0) is 18.2 Å². The lowest BCUT2D eigenvalue weighted by Crippen LogP contribution is -2.48. The number of rotatable bonds is 4. The first-order chi connectivity index (χ1) is 13.5. The van der Waals surface area contributed by atoms with E-state index in [0.717, 1.165) is 26.8 Å². The third-order valence-electron chi connectivity index (χ3n) is 4.62. The van der Waals surface area contributed by atoms with Crippen molar-refractivity contribution in [2.24, 2.45) is 0 Å². The molecule has 0 spiro atoms. The van der Waals surface area contributed by atoms with Gasteiger partial charge in [-0.3, -0.25) is 4.79 Å². The third kappa shape index (κ3) is 3.50. The standard InChI is InChI=1S/C18H17Cl2N3O3S2/c1-25-11-3-4-12(26-2)15-14(11)21-18(28-15)23-7-5-22(6-8-23)17(24)10-9-13(19)27-16(10)20/h3-4,9H,5-8H2,1-2H3. The summed E-state index contributed by atoms with van der Waals surface area (Å²) < 4.78 is 12.8. The number of halogens is 2. The maximum absolute atomic E-state index is 12.7. The molecule has 1 saturated heterocycles. The average Bonchev–Trinajstić information content (AvgIpc) is 3.30. The maximum atomic E-state index is 12.7. The van der Waals surface area contributed by atoms with Gasteiger partial charge in [0, 0.05) is 26.2 Å². The summed E-state index contributed by atoms with van der Waals surface area (Å²) in [4.78, 5) is 21.4. The minimum absolute atomic E-state index is 0.0829. The van der Waals surface area contributed by atoms with E-state index in [0.29, 0.717) is 40.4 Å². The number of carbonyl (C=O) groups is 1. The number of amides is 1. The quantitative estimate of drug-likeness (QED) is 0.570. The number of benzene rings is 1. The van der Waals surface area contributed by atoms with Gasteiger partial charge in [0.2, 0.25) is 0 Å². The molecule has 1 amide bonds. The van der Waals surface area contributed by atoms with Crippen LogP contribution in [0.4, 0.5) is 5.13 Å². The number of hydrogen-bond acceptors (Lipinski definition) is 7. The molecule has 1 aliphatic rings. The van der Waals surface area contributed by atoms with Gasteiger partial charge < -0.3 is 19.3 Å². The second-order valence-electron chi connectivity index (χ2n) is 6.16. The summed E-state index contributed by atoms with van der Waals surface area (Å²) in [7, 11) is 3.28. The predicted octanol–water partition coefficient (Wildman–Crippen LogP) is 4.64. The van der Waals surface area contributed by atoms with Crippen molar-refractivity contribution in [2.75, 3.05) is 45.3 Å². The van der Waals surface area contributed by atoms with Gasteiger partial charge in [-0.15, -0.1) is 11.3 Å². The lowest BCUT2D eigenvalue weighted by atomic mass is 10.2. The van der Waals surface area contributed by atoms with Crippen molar-refractivity contribution in [3.05, 3.63) is 32.4 Å². The molecule has 0 atom stereocenters. The number of carbonyl (C=O) groups excluding carboxylic acids is 1. The van der Waals surface area contributed by atoms with Crippen LogP contribution in [0.2, 0.25) is 8.67 Å². The van der Waals surface area contributed by atoms with E-state index in [1.807, 2.05) is 12.1 Å². The molecule has 10 heteroatoms. The van der Waals surface area contributed by atoms with Crippen LogP contribution in [-0.2, 0) is 0 Å². The fourth-order valence-corrected chi connectivity index (χ4v) is 5.74. The number of hydrogen-bond donors (Lipinski definition) is 0. The van der Waals surface area contributed by atoms with Crippen molar-refractivity contribution < 1.29 is 14.3 Å².